The molecule has 2 heterocycles. The van der Waals surface area contributed by atoms with Gasteiger partial charge in [0.25, 0.3) is 0 Å². The zero-order valence-electron chi connectivity index (χ0n) is 17.9. The average molecular weight is 438 g/mol. The van der Waals surface area contributed by atoms with Gasteiger partial charge in [0.2, 0.25) is 5.91 Å². The topological polar surface area (TPSA) is 74.5 Å². The molecular formula is C23H27N5O2S. The molecule has 0 aliphatic carbocycles. The first kappa shape index (κ1) is 21.2. The molecule has 1 aliphatic heterocycles. The number of anilines is 1. The van der Waals surface area contributed by atoms with Crippen LogP contribution in [0.5, 0.6) is 5.75 Å². The van der Waals surface area contributed by atoms with Crippen molar-refractivity contribution in [1.29, 1.82) is 0 Å². The highest BCUT2D eigenvalue weighted by Crippen LogP contribution is 2.25. The van der Waals surface area contributed by atoms with E-state index in [-0.39, 0.29) is 11.7 Å². The summed E-state index contributed by atoms with van der Waals surface area (Å²) in [6.07, 6.45) is 0. The Kier molecular flexibility index (Phi) is 6.46. The van der Waals surface area contributed by atoms with E-state index in [1.54, 1.807) is 12.1 Å². The molecule has 0 bridgehead atoms. The highest BCUT2D eigenvalue weighted by molar-refractivity contribution is 7.99. The number of phenolic OH excluding ortho intramolecular Hbond substituents is 1. The van der Waals surface area contributed by atoms with Gasteiger partial charge in [-0.15, -0.1) is 10.2 Å². The van der Waals surface area contributed by atoms with Gasteiger partial charge in [-0.05, 0) is 32.0 Å². The number of piperazine rings is 1. The predicted molar refractivity (Wildman–Crippen MR) is 123 cm³/mol. The van der Waals surface area contributed by atoms with E-state index in [0.717, 1.165) is 41.9 Å². The predicted octanol–water partition coefficient (Wildman–Crippen LogP) is 3.42. The molecule has 0 unspecified atom stereocenters. The van der Waals surface area contributed by atoms with Crippen LogP contribution in [-0.4, -0.2) is 62.6 Å². The van der Waals surface area contributed by atoms with Gasteiger partial charge in [0.05, 0.1) is 5.75 Å². The van der Waals surface area contributed by atoms with Crippen LogP contribution in [0.1, 0.15) is 12.5 Å². The molecule has 0 atom stereocenters. The second kappa shape index (κ2) is 9.43. The summed E-state index contributed by atoms with van der Waals surface area (Å²) in [7, 11) is 0. The van der Waals surface area contributed by atoms with E-state index in [0.29, 0.717) is 18.8 Å². The number of phenols is 1. The molecule has 0 saturated carbocycles. The smallest absolute Gasteiger partial charge is 0.233 e. The van der Waals surface area contributed by atoms with Crippen LogP contribution in [0.3, 0.4) is 0 Å². The molecule has 31 heavy (non-hydrogen) atoms. The zero-order chi connectivity index (χ0) is 21.8. The summed E-state index contributed by atoms with van der Waals surface area (Å²) >= 11 is 1.44. The van der Waals surface area contributed by atoms with Crippen LogP contribution in [0.4, 0.5) is 5.69 Å². The Hall–Kier alpha value is -3.00. The Balaban J connectivity index is 1.35. The number of thioether (sulfide) groups is 1. The fraction of sp³-hybridized carbons (Fsp3) is 0.348. The standard InChI is InChI=1S/C23H27N5O2S/c1-3-28-22(18-7-4-6-17(2)14-18)24-25-23(28)31-16-21(30)27-12-10-26(11-13-27)19-8-5-9-20(29)15-19/h4-9,14-15,29H,3,10-13,16H2,1-2H3. The van der Waals surface area contributed by atoms with Crippen LogP contribution >= 0.6 is 11.8 Å². The van der Waals surface area contributed by atoms with E-state index in [2.05, 4.69) is 45.6 Å². The fourth-order valence-electron chi connectivity index (χ4n) is 3.80. The van der Waals surface area contributed by atoms with Gasteiger partial charge >= 0.3 is 0 Å². The number of carbonyl (C=O) groups excluding carboxylic acids is 1. The van der Waals surface area contributed by atoms with Crippen LogP contribution in [0.2, 0.25) is 0 Å². The van der Waals surface area contributed by atoms with E-state index >= 15 is 0 Å². The lowest BCUT2D eigenvalue weighted by molar-refractivity contribution is -0.128. The molecule has 1 fully saturated rings. The number of aromatic nitrogens is 3. The maximum Gasteiger partial charge on any atom is 0.233 e. The molecule has 1 aromatic heterocycles. The van der Waals surface area contributed by atoms with Gasteiger partial charge in [0, 0.05) is 50.0 Å². The monoisotopic (exact) mass is 437 g/mol. The lowest BCUT2D eigenvalue weighted by atomic mass is 10.1. The van der Waals surface area contributed by atoms with Gasteiger partial charge in [-0.2, -0.15) is 0 Å². The Morgan fingerprint density at radius 2 is 1.84 bits per heavy atom. The van der Waals surface area contributed by atoms with Gasteiger partial charge < -0.3 is 19.5 Å². The minimum atomic E-state index is 0.114. The molecule has 0 spiro atoms. The highest BCUT2D eigenvalue weighted by Gasteiger charge is 2.22. The van der Waals surface area contributed by atoms with Crippen molar-refractivity contribution >= 4 is 23.4 Å². The molecule has 3 aromatic rings. The number of hydrogen-bond donors (Lipinski definition) is 1. The molecule has 1 aliphatic rings. The Labute approximate surface area is 186 Å². The van der Waals surface area contributed by atoms with Gasteiger partial charge in [0.15, 0.2) is 11.0 Å². The number of aromatic hydroxyl groups is 1. The largest absolute Gasteiger partial charge is 0.508 e. The number of amides is 1. The van der Waals surface area contributed by atoms with Crippen LogP contribution in [-0.2, 0) is 11.3 Å². The summed E-state index contributed by atoms with van der Waals surface area (Å²) in [4.78, 5) is 16.9. The molecule has 2 aromatic carbocycles. The number of rotatable bonds is 6. The van der Waals surface area contributed by atoms with Gasteiger partial charge in [0.1, 0.15) is 5.75 Å². The summed E-state index contributed by atoms with van der Waals surface area (Å²) in [5.74, 6) is 1.56. The summed E-state index contributed by atoms with van der Waals surface area (Å²) in [6.45, 7) is 7.72. The van der Waals surface area contributed by atoms with Crippen molar-refractivity contribution in [3.8, 4) is 17.1 Å². The maximum atomic E-state index is 12.8. The minimum absolute atomic E-state index is 0.114. The third kappa shape index (κ3) is 4.85. The number of carbonyl (C=O) groups is 1. The van der Waals surface area contributed by atoms with E-state index < -0.39 is 0 Å². The van der Waals surface area contributed by atoms with E-state index in [1.165, 1.54) is 17.3 Å². The second-order valence-corrected chi connectivity index (χ2v) is 8.54. The van der Waals surface area contributed by atoms with Crippen molar-refractivity contribution in [3.05, 3.63) is 54.1 Å². The van der Waals surface area contributed by atoms with Crippen molar-refractivity contribution in [3.63, 3.8) is 0 Å². The normalized spacial score (nSPS) is 14.1. The molecule has 1 amide bonds. The Morgan fingerprint density at radius 1 is 1.06 bits per heavy atom. The van der Waals surface area contributed by atoms with Crippen molar-refractivity contribution in [1.82, 2.24) is 19.7 Å². The summed E-state index contributed by atoms with van der Waals surface area (Å²) in [5.41, 5.74) is 3.20. The summed E-state index contributed by atoms with van der Waals surface area (Å²) in [6, 6.07) is 15.5. The Morgan fingerprint density at radius 3 is 2.55 bits per heavy atom. The van der Waals surface area contributed by atoms with E-state index in [4.69, 9.17) is 0 Å². The van der Waals surface area contributed by atoms with E-state index in [1.807, 2.05) is 29.2 Å². The second-order valence-electron chi connectivity index (χ2n) is 7.60. The number of nitrogens with zero attached hydrogens (tertiary/aromatic N) is 5. The van der Waals surface area contributed by atoms with E-state index in [9.17, 15) is 9.90 Å². The molecule has 7 nitrogen and oxygen atoms in total. The van der Waals surface area contributed by atoms with Crippen LogP contribution in [0.25, 0.3) is 11.4 Å². The lowest BCUT2D eigenvalue weighted by Crippen LogP contribution is -2.49. The third-order valence-corrected chi connectivity index (χ3v) is 6.41. The van der Waals surface area contributed by atoms with Crippen molar-refractivity contribution < 1.29 is 9.90 Å². The number of aryl methyl sites for hydroxylation is 1. The molecular weight excluding hydrogens is 410 g/mol. The number of benzene rings is 2. The first-order valence-corrected chi connectivity index (χ1v) is 11.5. The lowest BCUT2D eigenvalue weighted by Gasteiger charge is -2.36. The van der Waals surface area contributed by atoms with Crippen molar-refractivity contribution in [2.75, 3.05) is 36.8 Å². The molecule has 1 saturated heterocycles. The highest BCUT2D eigenvalue weighted by atomic mass is 32.2. The van der Waals surface area contributed by atoms with Crippen molar-refractivity contribution in [2.45, 2.75) is 25.5 Å². The zero-order valence-corrected chi connectivity index (χ0v) is 18.7. The quantitative estimate of drug-likeness (QED) is 0.596. The first-order chi connectivity index (χ1) is 15.0. The van der Waals surface area contributed by atoms with Crippen LogP contribution in [0, 0.1) is 6.92 Å². The van der Waals surface area contributed by atoms with Gasteiger partial charge in [-0.3, -0.25) is 4.79 Å². The fourth-order valence-corrected chi connectivity index (χ4v) is 4.70. The maximum absolute atomic E-state index is 12.8. The third-order valence-electron chi connectivity index (χ3n) is 5.46. The summed E-state index contributed by atoms with van der Waals surface area (Å²) < 4.78 is 2.06. The van der Waals surface area contributed by atoms with Crippen LogP contribution in [0.15, 0.2) is 53.7 Å². The van der Waals surface area contributed by atoms with Crippen LogP contribution < -0.4 is 4.90 Å². The molecule has 4 rings (SSSR count). The average Bonchev–Trinajstić information content (AvgIpc) is 3.20. The van der Waals surface area contributed by atoms with Gasteiger partial charge in [-0.1, -0.05) is 41.6 Å². The van der Waals surface area contributed by atoms with Crippen molar-refractivity contribution in [2.24, 2.45) is 0 Å². The minimum Gasteiger partial charge on any atom is -0.508 e. The first-order valence-electron chi connectivity index (χ1n) is 10.5. The molecule has 162 valence electrons. The summed E-state index contributed by atoms with van der Waals surface area (Å²) in [5, 5.41) is 19.2. The molecule has 1 N–H and O–H groups in total. The number of hydrogen-bond acceptors (Lipinski definition) is 6. The SMILES string of the molecule is CCn1c(SCC(=O)N2CCN(c3cccc(O)c3)CC2)nnc1-c1cccc(C)c1. The molecule has 0 radical (unpaired) electrons. The van der Waals surface area contributed by atoms with Gasteiger partial charge in [-0.25, -0.2) is 0 Å². The molecule has 8 heteroatoms. The Bertz CT molecular complexity index is 1060.